The van der Waals surface area contributed by atoms with Gasteiger partial charge < -0.3 is 20.1 Å². The summed E-state index contributed by atoms with van der Waals surface area (Å²) in [5.41, 5.74) is 0.609. The summed E-state index contributed by atoms with van der Waals surface area (Å²) < 4.78 is 50.0. The van der Waals surface area contributed by atoms with Gasteiger partial charge in [0.2, 0.25) is 6.10 Å². The molecule has 3 aromatic rings. The van der Waals surface area contributed by atoms with Gasteiger partial charge in [0.05, 0.1) is 11.4 Å². The number of benzene rings is 1. The van der Waals surface area contributed by atoms with E-state index in [1.54, 1.807) is 19.2 Å². The topological polar surface area (TPSA) is 92.5 Å². The number of carboxylic acids is 1. The van der Waals surface area contributed by atoms with Gasteiger partial charge >= 0.3 is 12.1 Å². The van der Waals surface area contributed by atoms with E-state index < -0.39 is 24.3 Å². The first-order valence-corrected chi connectivity index (χ1v) is 12.6. The van der Waals surface area contributed by atoms with E-state index in [4.69, 9.17) is 16.3 Å². The van der Waals surface area contributed by atoms with Gasteiger partial charge in [0, 0.05) is 48.7 Å². The Kier molecular flexibility index (Phi) is 6.99. The van der Waals surface area contributed by atoms with Gasteiger partial charge in [0.15, 0.2) is 0 Å². The smallest absolute Gasteiger partial charge is 0.429 e. The molecule has 0 radical (unpaired) electrons. The molecule has 0 aliphatic carbocycles. The van der Waals surface area contributed by atoms with E-state index >= 15 is 0 Å². The number of nitrogens with zero attached hydrogens (tertiary/aromatic N) is 4. The lowest BCUT2D eigenvalue weighted by atomic mass is 9.76. The van der Waals surface area contributed by atoms with Gasteiger partial charge in [-0.1, -0.05) is 17.7 Å². The summed E-state index contributed by atoms with van der Waals surface area (Å²) in [4.78, 5) is 17.7. The summed E-state index contributed by atoms with van der Waals surface area (Å²) in [7, 11) is 0. The van der Waals surface area contributed by atoms with Gasteiger partial charge in [0.1, 0.15) is 17.6 Å². The normalized spacial score (nSPS) is 20.0. The first-order chi connectivity index (χ1) is 18.0. The molecule has 1 spiro atoms. The Balaban J connectivity index is 1.37. The van der Waals surface area contributed by atoms with Gasteiger partial charge in [-0.3, -0.25) is 4.79 Å². The molecule has 0 unspecified atom stereocenters. The number of carbonyl (C=O) groups is 1. The Labute approximate surface area is 222 Å². The molecule has 2 aliphatic rings. The van der Waals surface area contributed by atoms with Crippen LogP contribution in [0.3, 0.4) is 0 Å². The Hall–Kier alpha value is -3.31. The molecule has 5 rings (SSSR count). The zero-order chi connectivity index (χ0) is 27.1. The summed E-state index contributed by atoms with van der Waals surface area (Å²) in [6.07, 6.45) is -1.89. The number of anilines is 1. The minimum Gasteiger partial charge on any atom is -0.480 e. The van der Waals surface area contributed by atoms with Crippen LogP contribution in [0.25, 0.3) is 5.69 Å². The maximum Gasteiger partial charge on any atom is 0.429 e. The number of nitrogens with one attached hydrogen (secondary N) is 1. The summed E-state index contributed by atoms with van der Waals surface area (Å²) in [6, 6.07) is 8.19. The molecule has 0 amide bonds. The fourth-order valence-electron chi connectivity index (χ4n) is 5.26. The van der Waals surface area contributed by atoms with Crippen LogP contribution in [0.5, 0.6) is 5.75 Å². The third-order valence-corrected chi connectivity index (χ3v) is 7.55. The van der Waals surface area contributed by atoms with Crippen molar-refractivity contribution in [1.82, 2.24) is 20.1 Å². The van der Waals surface area contributed by atoms with Crippen molar-refractivity contribution in [3.8, 4) is 11.4 Å². The van der Waals surface area contributed by atoms with E-state index in [9.17, 15) is 23.1 Å². The number of ether oxygens (including phenoxy) is 1. The molecular formula is C26H27ClF3N5O3. The fourth-order valence-corrected chi connectivity index (χ4v) is 5.42. The van der Waals surface area contributed by atoms with Crippen LogP contribution in [0, 0.1) is 12.3 Å². The van der Waals surface area contributed by atoms with Crippen LogP contribution in [-0.2, 0) is 4.79 Å². The lowest BCUT2D eigenvalue weighted by Gasteiger charge is -2.39. The van der Waals surface area contributed by atoms with Crippen LogP contribution in [0.15, 0.2) is 48.8 Å². The van der Waals surface area contributed by atoms with Gasteiger partial charge in [-0.25, -0.2) is 9.67 Å². The van der Waals surface area contributed by atoms with Crippen molar-refractivity contribution in [3.63, 3.8) is 0 Å². The molecule has 2 aliphatic heterocycles. The maximum absolute atomic E-state index is 14.3. The number of carboxylic acid groups (broad SMARTS) is 1. The van der Waals surface area contributed by atoms with E-state index in [-0.39, 0.29) is 27.4 Å². The molecule has 1 aromatic carbocycles. The molecule has 2 saturated heterocycles. The number of aliphatic carboxylic acids is 1. The maximum atomic E-state index is 14.3. The van der Waals surface area contributed by atoms with E-state index in [1.807, 2.05) is 4.90 Å². The second-order valence-corrected chi connectivity index (χ2v) is 10.4. The number of alkyl halides is 3. The predicted octanol–water partition coefficient (Wildman–Crippen LogP) is 4.94. The van der Waals surface area contributed by atoms with Crippen molar-refractivity contribution in [3.05, 3.63) is 65.1 Å². The molecular weight excluding hydrogens is 523 g/mol. The second kappa shape index (κ2) is 10.1. The summed E-state index contributed by atoms with van der Waals surface area (Å²) >= 11 is 6.12. The second-order valence-electron chi connectivity index (χ2n) is 9.96. The molecule has 4 heterocycles. The number of pyridine rings is 1. The number of hydrogen-bond acceptors (Lipinski definition) is 6. The largest absolute Gasteiger partial charge is 0.480 e. The van der Waals surface area contributed by atoms with Crippen LogP contribution in [-0.4, -0.2) is 57.7 Å². The zero-order valence-electron chi connectivity index (χ0n) is 20.6. The highest BCUT2D eigenvalue weighted by Gasteiger charge is 2.45. The minimum atomic E-state index is -4.72. The van der Waals surface area contributed by atoms with E-state index in [0.29, 0.717) is 37.6 Å². The molecule has 8 nitrogen and oxygen atoms in total. The average Bonchev–Trinajstić information content (AvgIpc) is 3.49. The van der Waals surface area contributed by atoms with Crippen LogP contribution >= 0.6 is 11.6 Å². The molecule has 202 valence electrons. The standard InChI is InChI=1S/C26H27ClF3N5O3/c1-16-5-9-35(33-16)21-12-17(27)2-3-19(21)23(26(28,29)30)38-18-4-8-31-22(13-18)34-10-6-25(7-11-34)14-20(24(36)37)32-15-25/h2-5,8-9,12-13,20,23,32H,6-7,10-11,14-15H2,1H3,(H,36,37)/t20-,23+/m0/s1. The molecule has 2 fully saturated rings. The first-order valence-electron chi connectivity index (χ1n) is 12.3. The number of rotatable bonds is 6. The minimum absolute atomic E-state index is 0.0311. The monoisotopic (exact) mass is 549 g/mol. The highest BCUT2D eigenvalue weighted by atomic mass is 35.5. The lowest BCUT2D eigenvalue weighted by Crippen LogP contribution is -2.41. The number of halogens is 4. The molecule has 12 heteroatoms. The Morgan fingerprint density at radius 1 is 1.24 bits per heavy atom. The Morgan fingerprint density at radius 3 is 2.63 bits per heavy atom. The number of hydrogen-bond donors (Lipinski definition) is 2. The number of piperidine rings is 1. The Bertz CT molecular complexity index is 1320. The number of aromatic nitrogens is 3. The molecule has 0 bridgehead atoms. The van der Waals surface area contributed by atoms with Gasteiger partial charge in [0.25, 0.3) is 0 Å². The van der Waals surface area contributed by atoms with Crippen molar-refractivity contribution in [2.45, 2.75) is 44.5 Å². The van der Waals surface area contributed by atoms with Crippen molar-refractivity contribution in [2.75, 3.05) is 24.5 Å². The van der Waals surface area contributed by atoms with Crippen LogP contribution < -0.4 is 15.0 Å². The van der Waals surface area contributed by atoms with Crippen LogP contribution in [0.1, 0.15) is 36.6 Å². The third kappa shape index (κ3) is 5.44. The highest BCUT2D eigenvalue weighted by molar-refractivity contribution is 6.30. The molecule has 0 saturated carbocycles. The van der Waals surface area contributed by atoms with Crippen molar-refractivity contribution < 1.29 is 27.8 Å². The predicted molar refractivity (Wildman–Crippen MR) is 135 cm³/mol. The first kappa shape index (κ1) is 26.3. The molecule has 2 N–H and O–H groups in total. The Morgan fingerprint density at radius 2 is 2.00 bits per heavy atom. The van der Waals surface area contributed by atoms with Crippen LogP contribution in [0.2, 0.25) is 5.02 Å². The summed E-state index contributed by atoms with van der Waals surface area (Å²) in [6.45, 7) is 3.62. The molecule has 2 atom stereocenters. The zero-order valence-corrected chi connectivity index (χ0v) is 21.3. The summed E-state index contributed by atoms with van der Waals surface area (Å²) in [5.74, 6) is -0.303. The van der Waals surface area contributed by atoms with Crippen molar-refractivity contribution in [2.24, 2.45) is 5.41 Å². The van der Waals surface area contributed by atoms with E-state index in [0.717, 1.165) is 12.8 Å². The SMILES string of the molecule is Cc1ccn(-c2cc(Cl)ccc2[C@@H](Oc2ccnc(N3CCC4(CC3)CN[C@H](C(=O)O)C4)c2)C(F)(F)F)n1. The summed E-state index contributed by atoms with van der Waals surface area (Å²) in [5, 5.41) is 16.9. The van der Waals surface area contributed by atoms with Gasteiger partial charge in [-0.2, -0.15) is 18.3 Å². The van der Waals surface area contributed by atoms with Crippen molar-refractivity contribution >= 4 is 23.4 Å². The molecule has 38 heavy (non-hydrogen) atoms. The average molecular weight is 550 g/mol. The van der Waals surface area contributed by atoms with Gasteiger partial charge in [-0.15, -0.1) is 0 Å². The quantitative estimate of drug-likeness (QED) is 0.450. The fraction of sp³-hybridized carbons (Fsp3) is 0.423. The van der Waals surface area contributed by atoms with Crippen molar-refractivity contribution in [1.29, 1.82) is 0 Å². The van der Waals surface area contributed by atoms with E-state index in [2.05, 4.69) is 15.4 Å². The number of aryl methyl sites for hydroxylation is 1. The van der Waals surface area contributed by atoms with Crippen LogP contribution in [0.4, 0.5) is 19.0 Å². The van der Waals surface area contributed by atoms with Gasteiger partial charge in [-0.05, 0) is 55.9 Å². The third-order valence-electron chi connectivity index (χ3n) is 7.32. The lowest BCUT2D eigenvalue weighted by molar-refractivity contribution is -0.198. The molecule has 2 aromatic heterocycles. The highest BCUT2D eigenvalue weighted by Crippen LogP contribution is 2.42. The van der Waals surface area contributed by atoms with E-state index in [1.165, 1.54) is 41.2 Å².